The minimum absolute atomic E-state index is 0.156. The average molecular weight is 365 g/mol. The number of halogens is 3. The predicted molar refractivity (Wildman–Crippen MR) is 89.5 cm³/mol. The summed E-state index contributed by atoms with van der Waals surface area (Å²) in [5.41, 5.74) is 2.73. The molecular weight excluding hydrogens is 347 g/mol. The van der Waals surface area contributed by atoms with Crippen molar-refractivity contribution in [2.45, 2.75) is 25.9 Å². The fourth-order valence-electron chi connectivity index (χ4n) is 2.72. The minimum Gasteiger partial charge on any atom is -0.285 e. The number of carbonyl (C=O) groups is 1. The highest BCUT2D eigenvalue weighted by Crippen LogP contribution is 2.32. The third-order valence-electron chi connectivity index (χ3n) is 3.92. The lowest BCUT2D eigenvalue weighted by atomic mass is 10.1. The summed E-state index contributed by atoms with van der Waals surface area (Å²) in [6, 6.07) is 3.66. The van der Waals surface area contributed by atoms with Gasteiger partial charge in [-0.2, -0.15) is 13.2 Å². The Kier molecular flexibility index (Phi) is 5.08. The summed E-state index contributed by atoms with van der Waals surface area (Å²) < 4.78 is 40.1. The van der Waals surface area contributed by atoms with Crippen molar-refractivity contribution in [2.24, 2.45) is 0 Å². The van der Waals surface area contributed by atoms with Gasteiger partial charge in [-0.25, -0.2) is 14.7 Å². The number of hydrogen-bond acceptors (Lipinski definition) is 4. The van der Waals surface area contributed by atoms with Gasteiger partial charge in [-0.1, -0.05) is 0 Å². The molecule has 138 valence electrons. The maximum atomic E-state index is 12.9. The molecule has 6 nitrogen and oxygen atoms in total. The molecule has 26 heavy (non-hydrogen) atoms. The number of benzene rings is 1. The molecule has 0 radical (unpaired) electrons. The van der Waals surface area contributed by atoms with Gasteiger partial charge in [-0.15, -0.1) is 5.10 Å². The molecule has 2 heterocycles. The standard InChI is InChI=1S/C17H18F3N5O/c1-12-8-13(10-14(9-12)17(18,19)20)16-21-11-25(23-16)7-4-15(26)22-24-5-2-3-6-24/h4,7-11H,2-3,5-6H2,1H3,(H,22,26)/b7-4-. The Balaban J connectivity index is 1.72. The van der Waals surface area contributed by atoms with Crippen LogP contribution in [0.5, 0.6) is 0 Å². The van der Waals surface area contributed by atoms with Crippen molar-refractivity contribution >= 4 is 12.1 Å². The Morgan fingerprint density at radius 3 is 2.65 bits per heavy atom. The van der Waals surface area contributed by atoms with E-state index in [1.165, 1.54) is 23.3 Å². The van der Waals surface area contributed by atoms with Crippen LogP contribution in [-0.4, -0.2) is 38.8 Å². The molecule has 1 saturated heterocycles. The lowest BCUT2D eigenvalue weighted by Crippen LogP contribution is -2.39. The largest absolute Gasteiger partial charge is 0.416 e. The predicted octanol–water partition coefficient (Wildman–Crippen LogP) is 2.87. The van der Waals surface area contributed by atoms with Crippen molar-refractivity contribution in [3.63, 3.8) is 0 Å². The van der Waals surface area contributed by atoms with Crippen molar-refractivity contribution in [1.29, 1.82) is 0 Å². The van der Waals surface area contributed by atoms with Gasteiger partial charge in [0.2, 0.25) is 0 Å². The van der Waals surface area contributed by atoms with Gasteiger partial charge in [0.1, 0.15) is 6.33 Å². The zero-order chi connectivity index (χ0) is 18.7. The number of aromatic nitrogens is 3. The monoisotopic (exact) mass is 365 g/mol. The highest BCUT2D eigenvalue weighted by molar-refractivity contribution is 5.89. The van der Waals surface area contributed by atoms with E-state index in [1.807, 2.05) is 5.01 Å². The second kappa shape index (κ2) is 7.28. The molecule has 1 aromatic heterocycles. The third kappa shape index (κ3) is 4.48. The molecule has 1 N–H and O–H groups in total. The smallest absolute Gasteiger partial charge is 0.285 e. The first-order valence-electron chi connectivity index (χ1n) is 8.15. The van der Waals surface area contributed by atoms with E-state index >= 15 is 0 Å². The number of nitrogens with one attached hydrogen (secondary N) is 1. The summed E-state index contributed by atoms with van der Waals surface area (Å²) in [5, 5.41) is 5.94. The molecule has 3 rings (SSSR count). The molecule has 0 unspecified atom stereocenters. The summed E-state index contributed by atoms with van der Waals surface area (Å²) in [6.07, 6.45) is 1.71. The number of carbonyl (C=O) groups excluding carboxylic acids is 1. The molecule has 0 atom stereocenters. The Morgan fingerprint density at radius 2 is 1.96 bits per heavy atom. The minimum atomic E-state index is -4.43. The second-order valence-corrected chi connectivity index (χ2v) is 6.12. The fourth-order valence-corrected chi connectivity index (χ4v) is 2.72. The first kappa shape index (κ1) is 18.1. The highest BCUT2D eigenvalue weighted by Gasteiger charge is 2.31. The number of nitrogens with zero attached hydrogens (tertiary/aromatic N) is 4. The molecule has 9 heteroatoms. The van der Waals surface area contributed by atoms with E-state index in [0.717, 1.165) is 38.1 Å². The lowest BCUT2D eigenvalue weighted by Gasteiger charge is -2.14. The lowest BCUT2D eigenvalue weighted by molar-refractivity contribution is -0.137. The van der Waals surface area contributed by atoms with E-state index in [4.69, 9.17) is 0 Å². The maximum absolute atomic E-state index is 12.9. The molecule has 1 aliphatic heterocycles. The van der Waals surface area contributed by atoms with Gasteiger partial charge < -0.3 is 0 Å². The molecule has 0 aliphatic carbocycles. The summed E-state index contributed by atoms with van der Waals surface area (Å²) >= 11 is 0. The quantitative estimate of drug-likeness (QED) is 0.847. The number of rotatable bonds is 4. The number of hydrazine groups is 1. The molecule has 2 aromatic rings. The van der Waals surface area contributed by atoms with E-state index in [0.29, 0.717) is 5.56 Å². The van der Waals surface area contributed by atoms with Gasteiger partial charge in [0, 0.05) is 30.9 Å². The van der Waals surface area contributed by atoms with Crippen molar-refractivity contribution < 1.29 is 18.0 Å². The summed E-state index contributed by atoms with van der Waals surface area (Å²) in [6.45, 7) is 3.22. The number of amides is 1. The van der Waals surface area contributed by atoms with E-state index in [2.05, 4.69) is 15.5 Å². The van der Waals surface area contributed by atoms with Crippen LogP contribution < -0.4 is 5.43 Å². The fraction of sp³-hybridized carbons (Fsp3) is 0.353. The molecule has 0 spiro atoms. The second-order valence-electron chi connectivity index (χ2n) is 6.12. The number of alkyl halides is 3. The van der Waals surface area contributed by atoms with Crippen LogP contribution in [0.1, 0.15) is 24.0 Å². The topological polar surface area (TPSA) is 63.1 Å². The van der Waals surface area contributed by atoms with Gasteiger partial charge in [0.25, 0.3) is 5.91 Å². The number of aryl methyl sites for hydroxylation is 1. The zero-order valence-corrected chi connectivity index (χ0v) is 14.1. The van der Waals surface area contributed by atoms with Gasteiger partial charge in [0.15, 0.2) is 5.82 Å². The number of hydrogen-bond donors (Lipinski definition) is 1. The van der Waals surface area contributed by atoms with Crippen LogP contribution in [0.2, 0.25) is 0 Å². The molecule has 1 amide bonds. The van der Waals surface area contributed by atoms with Crippen LogP contribution in [0.25, 0.3) is 17.6 Å². The van der Waals surface area contributed by atoms with E-state index in [-0.39, 0.29) is 17.3 Å². The zero-order valence-electron chi connectivity index (χ0n) is 14.1. The first-order valence-corrected chi connectivity index (χ1v) is 8.15. The van der Waals surface area contributed by atoms with Gasteiger partial charge >= 0.3 is 6.18 Å². The van der Waals surface area contributed by atoms with Crippen LogP contribution in [0, 0.1) is 6.92 Å². The van der Waals surface area contributed by atoms with E-state index < -0.39 is 11.7 Å². The summed E-state index contributed by atoms with van der Waals surface area (Å²) in [5.74, 6) is -0.136. The molecule has 1 aliphatic rings. The van der Waals surface area contributed by atoms with Crippen molar-refractivity contribution in [2.75, 3.05) is 13.1 Å². The molecule has 0 bridgehead atoms. The Labute approximate surface area is 148 Å². The molecule has 1 fully saturated rings. The Morgan fingerprint density at radius 1 is 1.23 bits per heavy atom. The molecular formula is C17H18F3N5O. The first-order chi connectivity index (χ1) is 12.3. The summed E-state index contributed by atoms with van der Waals surface area (Å²) in [7, 11) is 0. The average Bonchev–Trinajstić information content (AvgIpc) is 3.23. The van der Waals surface area contributed by atoms with Gasteiger partial charge in [0.05, 0.1) is 5.56 Å². The SMILES string of the molecule is Cc1cc(-c2ncn(/C=C\C(=O)NN3CCCC3)n2)cc(C(F)(F)F)c1. The highest BCUT2D eigenvalue weighted by atomic mass is 19.4. The van der Waals surface area contributed by atoms with E-state index in [1.54, 1.807) is 13.0 Å². The van der Waals surface area contributed by atoms with Crippen LogP contribution in [0.3, 0.4) is 0 Å². The van der Waals surface area contributed by atoms with Crippen molar-refractivity contribution in [3.8, 4) is 11.4 Å². The van der Waals surface area contributed by atoms with Crippen LogP contribution in [-0.2, 0) is 11.0 Å². The third-order valence-corrected chi connectivity index (χ3v) is 3.92. The Bertz CT molecular complexity index is 822. The van der Waals surface area contributed by atoms with E-state index in [9.17, 15) is 18.0 Å². The Hall–Kier alpha value is -2.68. The van der Waals surface area contributed by atoms with Crippen molar-refractivity contribution in [1.82, 2.24) is 25.2 Å². The van der Waals surface area contributed by atoms with Gasteiger partial charge in [-0.05, 0) is 43.5 Å². The molecule has 0 saturated carbocycles. The maximum Gasteiger partial charge on any atom is 0.416 e. The summed E-state index contributed by atoms with van der Waals surface area (Å²) in [4.78, 5) is 15.8. The van der Waals surface area contributed by atoms with Crippen LogP contribution in [0.15, 0.2) is 30.6 Å². The van der Waals surface area contributed by atoms with Crippen LogP contribution >= 0.6 is 0 Å². The molecule has 1 aromatic carbocycles. The van der Waals surface area contributed by atoms with Crippen molar-refractivity contribution in [3.05, 3.63) is 41.7 Å². The van der Waals surface area contributed by atoms with Gasteiger partial charge in [-0.3, -0.25) is 10.2 Å². The normalized spacial score (nSPS) is 15.7. The van der Waals surface area contributed by atoms with Crippen LogP contribution in [0.4, 0.5) is 13.2 Å².